The zero-order chi connectivity index (χ0) is 21.6. The van der Waals surface area contributed by atoms with E-state index in [0.717, 1.165) is 68.9 Å². The number of benzene rings is 1. The molecule has 1 aromatic carbocycles. The van der Waals surface area contributed by atoms with E-state index in [9.17, 15) is 0 Å². The maximum absolute atomic E-state index is 6.00. The third kappa shape index (κ3) is 5.36. The lowest BCUT2D eigenvalue weighted by Crippen LogP contribution is -2.52. The summed E-state index contributed by atoms with van der Waals surface area (Å²) in [5.41, 5.74) is 1.27. The fourth-order valence-electron chi connectivity index (χ4n) is 4.39. The fourth-order valence-corrected chi connectivity index (χ4v) is 4.39. The van der Waals surface area contributed by atoms with Gasteiger partial charge in [-0.2, -0.15) is 0 Å². The highest BCUT2D eigenvalue weighted by Crippen LogP contribution is 2.28. The number of nitrogens with zero attached hydrogens (tertiary/aromatic N) is 5. The fraction of sp³-hybridized carbons (Fsp3) is 0.609. The van der Waals surface area contributed by atoms with E-state index in [0.29, 0.717) is 18.6 Å². The van der Waals surface area contributed by atoms with Gasteiger partial charge >= 0.3 is 0 Å². The maximum atomic E-state index is 6.00. The quantitative estimate of drug-likeness (QED) is 0.564. The Bertz CT molecular complexity index is 879. The van der Waals surface area contributed by atoms with Crippen molar-refractivity contribution in [1.29, 1.82) is 0 Å². The van der Waals surface area contributed by atoms with E-state index in [4.69, 9.17) is 14.5 Å². The number of methoxy groups -OCH3 is 1. The SMILES string of the molecule is COc1ccc(CCNC(=NCc2nnc(C)n2C)N2CCC3OCCCC3C2)cc1. The summed E-state index contributed by atoms with van der Waals surface area (Å²) in [4.78, 5) is 7.33. The van der Waals surface area contributed by atoms with Crippen LogP contribution in [0.5, 0.6) is 5.75 Å². The first-order chi connectivity index (χ1) is 15.1. The molecule has 8 nitrogen and oxygen atoms in total. The first-order valence-corrected chi connectivity index (χ1v) is 11.3. The molecule has 31 heavy (non-hydrogen) atoms. The van der Waals surface area contributed by atoms with E-state index in [1.54, 1.807) is 7.11 Å². The number of nitrogens with one attached hydrogen (secondary N) is 1. The topological polar surface area (TPSA) is 76.8 Å². The van der Waals surface area contributed by atoms with Crippen molar-refractivity contribution in [3.8, 4) is 5.75 Å². The minimum absolute atomic E-state index is 0.409. The largest absolute Gasteiger partial charge is 0.497 e. The van der Waals surface area contributed by atoms with Gasteiger partial charge in [0.1, 0.15) is 18.1 Å². The van der Waals surface area contributed by atoms with Crippen LogP contribution in [0, 0.1) is 12.8 Å². The Morgan fingerprint density at radius 3 is 2.84 bits per heavy atom. The van der Waals surface area contributed by atoms with Gasteiger partial charge in [-0.15, -0.1) is 10.2 Å². The molecule has 1 N–H and O–H groups in total. The first kappa shape index (κ1) is 21.6. The summed E-state index contributed by atoms with van der Waals surface area (Å²) in [7, 11) is 3.68. The van der Waals surface area contributed by atoms with Crippen molar-refractivity contribution >= 4 is 5.96 Å². The molecule has 8 heteroatoms. The molecule has 2 fully saturated rings. The van der Waals surface area contributed by atoms with Gasteiger partial charge in [0.15, 0.2) is 11.8 Å². The van der Waals surface area contributed by atoms with Crippen LogP contribution in [0.15, 0.2) is 29.3 Å². The van der Waals surface area contributed by atoms with Crippen LogP contribution in [0.25, 0.3) is 0 Å². The molecule has 4 rings (SSSR count). The number of likely N-dealkylation sites (tertiary alicyclic amines) is 1. The summed E-state index contributed by atoms with van der Waals surface area (Å²) in [6, 6.07) is 8.25. The summed E-state index contributed by atoms with van der Waals surface area (Å²) < 4.78 is 13.3. The Morgan fingerprint density at radius 2 is 2.10 bits per heavy atom. The van der Waals surface area contributed by atoms with E-state index in [1.807, 2.05) is 30.7 Å². The van der Waals surface area contributed by atoms with Crippen LogP contribution in [-0.2, 0) is 24.8 Å². The smallest absolute Gasteiger partial charge is 0.194 e. The lowest BCUT2D eigenvalue weighted by Gasteiger charge is -2.42. The molecular formula is C23H34N6O2. The molecule has 2 atom stereocenters. The Morgan fingerprint density at radius 1 is 1.26 bits per heavy atom. The molecule has 2 saturated heterocycles. The second kappa shape index (κ2) is 10.1. The number of guanidine groups is 1. The molecule has 0 saturated carbocycles. The van der Waals surface area contributed by atoms with Crippen molar-refractivity contribution in [3.63, 3.8) is 0 Å². The second-order valence-corrected chi connectivity index (χ2v) is 8.43. The average Bonchev–Trinajstić information content (AvgIpc) is 3.13. The Hall–Kier alpha value is -2.61. The highest BCUT2D eigenvalue weighted by Gasteiger charge is 2.33. The highest BCUT2D eigenvalue weighted by molar-refractivity contribution is 5.80. The van der Waals surface area contributed by atoms with Crippen LogP contribution >= 0.6 is 0 Å². The predicted molar refractivity (Wildman–Crippen MR) is 120 cm³/mol. The van der Waals surface area contributed by atoms with Crippen molar-refractivity contribution in [1.82, 2.24) is 25.0 Å². The van der Waals surface area contributed by atoms with Crippen molar-refractivity contribution in [2.75, 3.05) is 33.4 Å². The van der Waals surface area contributed by atoms with E-state index >= 15 is 0 Å². The summed E-state index contributed by atoms with van der Waals surface area (Å²) >= 11 is 0. The van der Waals surface area contributed by atoms with E-state index in [2.05, 4.69) is 32.5 Å². The van der Waals surface area contributed by atoms with Gasteiger partial charge < -0.3 is 24.3 Å². The van der Waals surface area contributed by atoms with E-state index in [1.165, 1.54) is 12.0 Å². The molecule has 2 aromatic rings. The van der Waals surface area contributed by atoms with Gasteiger partial charge in [-0.25, -0.2) is 4.99 Å². The number of piperidine rings is 1. The van der Waals surface area contributed by atoms with Gasteiger partial charge in [0.2, 0.25) is 0 Å². The molecule has 3 heterocycles. The zero-order valence-corrected chi connectivity index (χ0v) is 18.9. The summed E-state index contributed by atoms with van der Waals surface area (Å²) in [5.74, 6) is 4.21. The molecule has 0 bridgehead atoms. The predicted octanol–water partition coefficient (Wildman–Crippen LogP) is 2.32. The van der Waals surface area contributed by atoms with Crippen molar-refractivity contribution in [3.05, 3.63) is 41.5 Å². The number of hydrogen-bond acceptors (Lipinski definition) is 5. The van der Waals surface area contributed by atoms with Gasteiger partial charge in [-0.05, 0) is 50.3 Å². The molecule has 0 spiro atoms. The van der Waals surface area contributed by atoms with E-state index in [-0.39, 0.29) is 0 Å². The maximum Gasteiger partial charge on any atom is 0.194 e. The van der Waals surface area contributed by atoms with Crippen molar-refractivity contribution in [2.45, 2.75) is 45.3 Å². The van der Waals surface area contributed by atoms with Crippen molar-refractivity contribution in [2.24, 2.45) is 18.0 Å². The average molecular weight is 427 g/mol. The van der Waals surface area contributed by atoms with Gasteiger partial charge in [-0.3, -0.25) is 0 Å². The standard InChI is InChI=1S/C23H34N6O2/c1-17-26-27-22(28(17)2)15-25-23(24-12-10-18-6-8-20(30-3)9-7-18)29-13-11-21-19(16-29)5-4-14-31-21/h6-9,19,21H,4-5,10-16H2,1-3H3,(H,24,25). The molecule has 0 aliphatic carbocycles. The monoisotopic (exact) mass is 426 g/mol. The van der Waals surface area contributed by atoms with Gasteiger partial charge in [0.05, 0.1) is 13.2 Å². The number of aliphatic imine (C=N–C) groups is 1. The van der Waals surface area contributed by atoms with Gasteiger partial charge in [0.25, 0.3) is 0 Å². The Kier molecular flexibility index (Phi) is 7.06. The first-order valence-electron chi connectivity index (χ1n) is 11.3. The molecule has 0 radical (unpaired) electrons. The number of aryl methyl sites for hydroxylation is 1. The second-order valence-electron chi connectivity index (χ2n) is 8.43. The van der Waals surface area contributed by atoms with Crippen LogP contribution in [0.4, 0.5) is 0 Å². The third-order valence-electron chi connectivity index (χ3n) is 6.42. The number of hydrogen-bond donors (Lipinski definition) is 1. The molecule has 0 amide bonds. The van der Waals surface area contributed by atoms with Crippen LogP contribution in [0.1, 0.15) is 36.5 Å². The van der Waals surface area contributed by atoms with E-state index < -0.39 is 0 Å². The third-order valence-corrected chi connectivity index (χ3v) is 6.42. The van der Waals surface area contributed by atoms with Crippen LogP contribution < -0.4 is 10.1 Å². The Labute approximate surface area is 184 Å². The molecular weight excluding hydrogens is 392 g/mol. The van der Waals surface area contributed by atoms with Gasteiger partial charge in [0, 0.05) is 39.2 Å². The summed E-state index contributed by atoms with van der Waals surface area (Å²) in [6.45, 7) is 6.17. The van der Waals surface area contributed by atoms with Gasteiger partial charge in [-0.1, -0.05) is 12.1 Å². The number of rotatable bonds is 6. The summed E-state index contributed by atoms with van der Waals surface area (Å²) in [5, 5.41) is 12.0. The zero-order valence-electron chi connectivity index (χ0n) is 18.9. The molecule has 2 unspecified atom stereocenters. The minimum Gasteiger partial charge on any atom is -0.497 e. The highest BCUT2D eigenvalue weighted by atomic mass is 16.5. The van der Waals surface area contributed by atoms with Crippen molar-refractivity contribution < 1.29 is 9.47 Å². The summed E-state index contributed by atoms with van der Waals surface area (Å²) in [6.07, 6.45) is 4.79. The minimum atomic E-state index is 0.409. The van der Waals surface area contributed by atoms with Crippen LogP contribution in [0.3, 0.4) is 0 Å². The molecule has 2 aliphatic rings. The molecule has 168 valence electrons. The molecule has 1 aromatic heterocycles. The lowest BCUT2D eigenvalue weighted by atomic mass is 9.88. The van der Waals surface area contributed by atoms with Crippen LogP contribution in [-0.4, -0.2) is 65.1 Å². The number of ether oxygens (including phenoxy) is 2. The Balaban J connectivity index is 1.42. The lowest BCUT2D eigenvalue weighted by molar-refractivity contribution is -0.0559. The molecule has 2 aliphatic heterocycles. The number of aromatic nitrogens is 3. The van der Waals surface area contributed by atoms with Crippen LogP contribution in [0.2, 0.25) is 0 Å². The number of fused-ring (bicyclic) bond motifs is 1. The normalized spacial score (nSPS) is 21.6.